The maximum atomic E-state index is 12.3. The zero-order chi connectivity index (χ0) is 14.0. The van der Waals surface area contributed by atoms with Crippen LogP contribution in [0.2, 0.25) is 0 Å². The Hall–Kier alpha value is -1.21. The van der Waals surface area contributed by atoms with Crippen LogP contribution >= 0.6 is 0 Å². The molecule has 1 aromatic carbocycles. The van der Waals surface area contributed by atoms with E-state index >= 15 is 0 Å². The Morgan fingerprint density at radius 3 is 2.58 bits per heavy atom. The van der Waals surface area contributed by atoms with Gasteiger partial charge in [0.1, 0.15) is 5.75 Å². The van der Waals surface area contributed by atoms with Crippen LogP contribution in [-0.2, 0) is 9.84 Å². The molecule has 2 rings (SSSR count). The monoisotopic (exact) mass is 292 g/mol. The first kappa shape index (κ1) is 14.2. The first-order valence-corrected chi connectivity index (χ1v) is 7.63. The van der Waals surface area contributed by atoms with E-state index in [1.54, 1.807) is 6.07 Å². The summed E-state index contributed by atoms with van der Waals surface area (Å²) in [5, 5.41) is 10.2. The largest absolute Gasteiger partial charge is 0.434 e. The van der Waals surface area contributed by atoms with Gasteiger partial charge in [0, 0.05) is 11.5 Å². The van der Waals surface area contributed by atoms with Crippen molar-refractivity contribution in [1.82, 2.24) is 0 Å². The van der Waals surface area contributed by atoms with Crippen LogP contribution in [0.25, 0.3) is 0 Å². The van der Waals surface area contributed by atoms with Gasteiger partial charge in [0.15, 0.2) is 9.84 Å². The summed E-state index contributed by atoms with van der Waals surface area (Å²) in [7, 11) is -3.13. The highest BCUT2D eigenvalue weighted by atomic mass is 32.2. The summed E-state index contributed by atoms with van der Waals surface area (Å²) in [4.78, 5) is 0. The molecular weight excluding hydrogens is 278 g/mol. The van der Waals surface area contributed by atoms with Crippen molar-refractivity contribution in [3.8, 4) is 5.75 Å². The Morgan fingerprint density at radius 2 is 2.00 bits per heavy atom. The number of benzene rings is 1. The lowest BCUT2D eigenvalue weighted by Gasteiger charge is -2.20. The number of hydrogen-bond donors (Lipinski definition) is 1. The van der Waals surface area contributed by atoms with Gasteiger partial charge in [-0.2, -0.15) is 8.78 Å². The molecule has 106 valence electrons. The molecule has 0 aliphatic carbocycles. The summed E-state index contributed by atoms with van der Waals surface area (Å²) < 4.78 is 51.6. The molecule has 2 atom stereocenters. The fraction of sp³-hybridized carbons (Fsp3) is 0.500. The van der Waals surface area contributed by atoms with Crippen LogP contribution < -0.4 is 4.74 Å². The predicted octanol–water partition coefficient (Wildman–Crippen LogP) is 1.76. The van der Waals surface area contributed by atoms with Gasteiger partial charge in [0.05, 0.1) is 17.6 Å². The van der Waals surface area contributed by atoms with E-state index < -0.39 is 28.5 Å². The Labute approximate surface area is 109 Å². The normalized spacial score (nSPS) is 23.5. The second-order valence-electron chi connectivity index (χ2n) is 4.52. The van der Waals surface area contributed by atoms with Crippen molar-refractivity contribution in [3.63, 3.8) is 0 Å². The highest BCUT2D eigenvalue weighted by Gasteiger charge is 2.34. The van der Waals surface area contributed by atoms with Crippen LogP contribution in [0.15, 0.2) is 24.3 Å². The molecule has 7 heteroatoms. The standard InChI is InChI=1S/C12H14F2O4S/c13-12(14)18-10-4-2-1-3-9(10)11(15)8-5-6-19(16,17)7-8/h1-4,8,11-12,15H,5-7H2. The maximum absolute atomic E-state index is 12.3. The predicted molar refractivity (Wildman–Crippen MR) is 64.8 cm³/mol. The Balaban J connectivity index is 2.22. The van der Waals surface area contributed by atoms with E-state index in [1.165, 1.54) is 18.2 Å². The van der Waals surface area contributed by atoms with Crippen molar-refractivity contribution in [3.05, 3.63) is 29.8 Å². The minimum Gasteiger partial charge on any atom is -0.434 e. The average molecular weight is 292 g/mol. The summed E-state index contributed by atoms with van der Waals surface area (Å²) in [6.07, 6.45) is -0.792. The lowest BCUT2D eigenvalue weighted by Crippen LogP contribution is -2.16. The molecule has 1 saturated heterocycles. The van der Waals surface area contributed by atoms with Crippen LogP contribution in [-0.4, -0.2) is 31.6 Å². The quantitative estimate of drug-likeness (QED) is 0.918. The van der Waals surface area contributed by atoms with E-state index in [2.05, 4.69) is 4.74 Å². The number of rotatable bonds is 4. The lowest BCUT2D eigenvalue weighted by molar-refractivity contribution is -0.0520. The van der Waals surface area contributed by atoms with Gasteiger partial charge in [-0.3, -0.25) is 0 Å². The molecule has 1 aliphatic heterocycles. The van der Waals surface area contributed by atoms with Crippen LogP contribution in [0.1, 0.15) is 18.1 Å². The van der Waals surface area contributed by atoms with Crippen LogP contribution in [0.4, 0.5) is 8.78 Å². The molecule has 1 heterocycles. The third-order valence-electron chi connectivity index (χ3n) is 3.17. The number of aliphatic hydroxyl groups excluding tert-OH is 1. The van der Waals surface area contributed by atoms with Gasteiger partial charge in [-0.15, -0.1) is 0 Å². The second kappa shape index (κ2) is 5.42. The molecule has 0 bridgehead atoms. The fourth-order valence-corrected chi connectivity index (χ4v) is 4.08. The average Bonchev–Trinajstić information content (AvgIpc) is 2.69. The van der Waals surface area contributed by atoms with Gasteiger partial charge in [0.25, 0.3) is 0 Å². The van der Waals surface area contributed by atoms with Crippen molar-refractivity contribution in [2.75, 3.05) is 11.5 Å². The van der Waals surface area contributed by atoms with E-state index in [0.29, 0.717) is 6.42 Å². The summed E-state index contributed by atoms with van der Waals surface area (Å²) in [5.41, 5.74) is 0.199. The molecule has 1 N–H and O–H groups in total. The molecule has 0 radical (unpaired) electrons. The number of alkyl halides is 2. The number of ether oxygens (including phenoxy) is 1. The van der Waals surface area contributed by atoms with Crippen molar-refractivity contribution in [2.45, 2.75) is 19.1 Å². The molecule has 0 aromatic heterocycles. The number of halogens is 2. The lowest BCUT2D eigenvalue weighted by atomic mass is 9.95. The van der Waals surface area contributed by atoms with Crippen LogP contribution in [0.3, 0.4) is 0 Å². The second-order valence-corrected chi connectivity index (χ2v) is 6.75. The Bertz CT molecular complexity index is 544. The van der Waals surface area contributed by atoms with E-state index in [-0.39, 0.29) is 22.8 Å². The van der Waals surface area contributed by atoms with Crippen molar-refractivity contribution >= 4 is 9.84 Å². The van der Waals surface area contributed by atoms with Crippen molar-refractivity contribution in [2.24, 2.45) is 5.92 Å². The van der Waals surface area contributed by atoms with E-state index in [0.717, 1.165) is 0 Å². The Morgan fingerprint density at radius 1 is 1.32 bits per heavy atom. The molecule has 1 aliphatic rings. The summed E-state index contributed by atoms with van der Waals surface area (Å²) >= 11 is 0. The van der Waals surface area contributed by atoms with E-state index in [1.807, 2.05) is 0 Å². The highest BCUT2D eigenvalue weighted by Crippen LogP contribution is 2.36. The van der Waals surface area contributed by atoms with Crippen molar-refractivity contribution in [1.29, 1.82) is 0 Å². The van der Waals surface area contributed by atoms with Gasteiger partial charge in [-0.05, 0) is 12.5 Å². The molecule has 0 amide bonds. The smallest absolute Gasteiger partial charge is 0.387 e. The molecular formula is C12H14F2O4S. The minimum absolute atomic E-state index is 0.0204. The molecule has 0 saturated carbocycles. The Kier molecular flexibility index (Phi) is 4.05. The van der Waals surface area contributed by atoms with E-state index in [4.69, 9.17) is 0 Å². The molecule has 1 fully saturated rings. The summed E-state index contributed by atoms with van der Waals surface area (Å²) in [6, 6.07) is 5.89. The minimum atomic E-state index is -3.13. The molecule has 4 nitrogen and oxygen atoms in total. The SMILES string of the molecule is O=S1(=O)CCC(C(O)c2ccccc2OC(F)F)C1. The number of hydrogen-bond acceptors (Lipinski definition) is 4. The summed E-state index contributed by atoms with van der Waals surface area (Å²) in [5.74, 6) is -0.703. The van der Waals surface area contributed by atoms with Gasteiger partial charge < -0.3 is 9.84 Å². The third kappa shape index (κ3) is 3.42. The fourth-order valence-electron chi connectivity index (χ4n) is 2.25. The molecule has 0 spiro atoms. The molecule has 2 unspecified atom stereocenters. The number of aliphatic hydroxyl groups is 1. The molecule has 19 heavy (non-hydrogen) atoms. The van der Waals surface area contributed by atoms with E-state index in [9.17, 15) is 22.3 Å². The topological polar surface area (TPSA) is 63.6 Å². The zero-order valence-corrected chi connectivity index (χ0v) is 10.8. The van der Waals surface area contributed by atoms with Gasteiger partial charge in [-0.25, -0.2) is 8.42 Å². The highest BCUT2D eigenvalue weighted by molar-refractivity contribution is 7.91. The first-order chi connectivity index (χ1) is 8.89. The van der Waals surface area contributed by atoms with Crippen molar-refractivity contribution < 1.29 is 27.0 Å². The first-order valence-electron chi connectivity index (χ1n) is 5.81. The van der Waals surface area contributed by atoms with Crippen LogP contribution in [0, 0.1) is 5.92 Å². The summed E-state index contributed by atoms with van der Waals surface area (Å²) in [6.45, 7) is -2.99. The van der Waals surface area contributed by atoms with Gasteiger partial charge in [-0.1, -0.05) is 18.2 Å². The van der Waals surface area contributed by atoms with Gasteiger partial charge in [0.2, 0.25) is 0 Å². The molecule has 1 aromatic rings. The van der Waals surface area contributed by atoms with Gasteiger partial charge >= 0.3 is 6.61 Å². The number of sulfone groups is 1. The van der Waals surface area contributed by atoms with Crippen LogP contribution in [0.5, 0.6) is 5.75 Å². The maximum Gasteiger partial charge on any atom is 0.387 e. The third-order valence-corrected chi connectivity index (χ3v) is 4.96. The number of para-hydroxylation sites is 1. The zero-order valence-electron chi connectivity index (χ0n) is 10.00.